The minimum atomic E-state index is 0.0351. The Morgan fingerprint density at radius 2 is 1.95 bits per heavy atom. The van der Waals surface area contributed by atoms with E-state index in [1.165, 1.54) is 38.8 Å². The number of carbonyl (C=O) groups excluding carboxylic acids is 1. The lowest BCUT2D eigenvalue weighted by Crippen LogP contribution is -2.53. The molecular formula is C17H33N3O. The van der Waals surface area contributed by atoms with Crippen molar-refractivity contribution >= 4 is 5.91 Å². The fourth-order valence-corrected chi connectivity index (χ4v) is 3.55. The van der Waals surface area contributed by atoms with Gasteiger partial charge in [-0.2, -0.15) is 0 Å². The van der Waals surface area contributed by atoms with Crippen molar-refractivity contribution in [3.63, 3.8) is 0 Å². The van der Waals surface area contributed by atoms with Crippen LogP contribution in [-0.4, -0.2) is 49.1 Å². The van der Waals surface area contributed by atoms with Gasteiger partial charge in [-0.15, -0.1) is 0 Å². The minimum absolute atomic E-state index is 0.0351. The Kier molecular flexibility index (Phi) is 6.49. The van der Waals surface area contributed by atoms with E-state index in [2.05, 4.69) is 36.3 Å². The van der Waals surface area contributed by atoms with E-state index in [9.17, 15) is 4.79 Å². The molecule has 4 heteroatoms. The number of rotatable bonds is 5. The fourth-order valence-electron chi connectivity index (χ4n) is 3.55. The maximum atomic E-state index is 12.3. The van der Waals surface area contributed by atoms with E-state index < -0.39 is 0 Å². The summed E-state index contributed by atoms with van der Waals surface area (Å²) in [4.78, 5) is 14.9. The van der Waals surface area contributed by atoms with Crippen LogP contribution in [0.5, 0.6) is 0 Å². The second kappa shape index (κ2) is 8.14. The predicted octanol–water partition coefficient (Wildman–Crippen LogP) is 2.00. The van der Waals surface area contributed by atoms with Crippen molar-refractivity contribution in [3.8, 4) is 0 Å². The van der Waals surface area contributed by atoms with Gasteiger partial charge in [0.05, 0.1) is 6.04 Å². The fraction of sp³-hybridized carbons (Fsp3) is 0.941. The summed E-state index contributed by atoms with van der Waals surface area (Å²) < 4.78 is 0. The summed E-state index contributed by atoms with van der Waals surface area (Å²) in [5.74, 6) is 1.64. The van der Waals surface area contributed by atoms with Gasteiger partial charge in [0.25, 0.3) is 0 Å². The van der Waals surface area contributed by atoms with Crippen LogP contribution in [-0.2, 0) is 4.79 Å². The third kappa shape index (κ3) is 4.96. The molecule has 1 amide bonds. The molecule has 2 heterocycles. The largest absolute Gasteiger partial charge is 0.353 e. The van der Waals surface area contributed by atoms with Crippen molar-refractivity contribution in [2.24, 2.45) is 11.8 Å². The predicted molar refractivity (Wildman–Crippen MR) is 87.2 cm³/mol. The highest BCUT2D eigenvalue weighted by atomic mass is 16.2. The number of amides is 1. The average molecular weight is 295 g/mol. The van der Waals surface area contributed by atoms with Crippen LogP contribution < -0.4 is 10.6 Å². The van der Waals surface area contributed by atoms with Crippen LogP contribution in [0, 0.1) is 11.8 Å². The molecule has 4 nitrogen and oxygen atoms in total. The third-order valence-corrected chi connectivity index (χ3v) is 5.17. The molecule has 0 saturated carbocycles. The molecular weight excluding hydrogens is 262 g/mol. The quantitative estimate of drug-likeness (QED) is 0.815. The van der Waals surface area contributed by atoms with Crippen molar-refractivity contribution in [1.29, 1.82) is 0 Å². The molecule has 0 aromatic heterocycles. The van der Waals surface area contributed by atoms with E-state index in [1.54, 1.807) is 0 Å². The molecule has 0 bridgehead atoms. The molecule has 2 atom stereocenters. The molecule has 122 valence electrons. The molecule has 2 rings (SSSR count). The first-order chi connectivity index (χ1) is 10.1. The second-order valence-electron chi connectivity index (χ2n) is 7.28. The van der Waals surface area contributed by atoms with Crippen LogP contribution in [0.15, 0.2) is 0 Å². The zero-order valence-electron chi connectivity index (χ0n) is 14.0. The maximum Gasteiger partial charge on any atom is 0.237 e. The minimum Gasteiger partial charge on any atom is -0.353 e. The summed E-state index contributed by atoms with van der Waals surface area (Å²) >= 11 is 0. The molecule has 0 aromatic rings. The highest BCUT2D eigenvalue weighted by molar-refractivity contribution is 5.81. The first-order valence-corrected chi connectivity index (χ1v) is 8.83. The molecule has 2 aliphatic rings. The van der Waals surface area contributed by atoms with Crippen molar-refractivity contribution in [2.75, 3.05) is 26.2 Å². The van der Waals surface area contributed by atoms with Crippen molar-refractivity contribution < 1.29 is 4.79 Å². The van der Waals surface area contributed by atoms with E-state index in [0.29, 0.717) is 12.0 Å². The maximum absolute atomic E-state index is 12.3. The molecule has 0 spiro atoms. The molecule has 21 heavy (non-hydrogen) atoms. The summed E-state index contributed by atoms with van der Waals surface area (Å²) in [5.41, 5.74) is 0. The first-order valence-electron chi connectivity index (χ1n) is 8.83. The van der Waals surface area contributed by atoms with E-state index in [0.717, 1.165) is 25.4 Å². The number of piperidine rings is 2. The summed E-state index contributed by atoms with van der Waals surface area (Å²) in [6, 6.07) is 0.512. The number of likely N-dealkylation sites (tertiary alicyclic amines) is 1. The smallest absolute Gasteiger partial charge is 0.237 e. The summed E-state index contributed by atoms with van der Waals surface area (Å²) in [7, 11) is 0. The Labute approximate surface area is 130 Å². The van der Waals surface area contributed by atoms with E-state index in [-0.39, 0.29) is 11.9 Å². The van der Waals surface area contributed by atoms with Crippen LogP contribution in [0.4, 0.5) is 0 Å². The summed E-state index contributed by atoms with van der Waals surface area (Å²) in [5, 5.41) is 6.53. The van der Waals surface area contributed by atoms with Gasteiger partial charge in [-0.3, -0.25) is 9.69 Å². The highest BCUT2D eigenvalue weighted by Gasteiger charge is 2.27. The van der Waals surface area contributed by atoms with Gasteiger partial charge in [-0.25, -0.2) is 0 Å². The SMILES string of the molecule is CC1CCN(C(CNC(=O)C2CCCCN2)C(C)C)CC1. The normalized spacial score (nSPS) is 26.8. The van der Waals surface area contributed by atoms with Gasteiger partial charge in [0.1, 0.15) is 0 Å². The van der Waals surface area contributed by atoms with Crippen molar-refractivity contribution in [3.05, 3.63) is 0 Å². The van der Waals surface area contributed by atoms with Crippen molar-refractivity contribution in [1.82, 2.24) is 15.5 Å². The lowest BCUT2D eigenvalue weighted by Gasteiger charge is -2.39. The third-order valence-electron chi connectivity index (χ3n) is 5.17. The van der Waals surface area contributed by atoms with E-state index >= 15 is 0 Å². The Morgan fingerprint density at radius 1 is 1.24 bits per heavy atom. The molecule has 0 radical (unpaired) electrons. The summed E-state index contributed by atoms with van der Waals surface area (Å²) in [6.45, 7) is 11.0. The second-order valence-corrected chi connectivity index (χ2v) is 7.28. The molecule has 2 N–H and O–H groups in total. The first kappa shape index (κ1) is 16.8. The van der Waals surface area contributed by atoms with Crippen LogP contribution in [0.2, 0.25) is 0 Å². The van der Waals surface area contributed by atoms with Gasteiger partial charge < -0.3 is 10.6 Å². The van der Waals surface area contributed by atoms with Crippen LogP contribution in [0.25, 0.3) is 0 Å². The van der Waals surface area contributed by atoms with Gasteiger partial charge in [0.15, 0.2) is 0 Å². The topological polar surface area (TPSA) is 44.4 Å². The molecule has 0 aliphatic carbocycles. The standard InChI is InChI=1S/C17H33N3O/c1-13(2)16(20-10-7-14(3)8-11-20)12-19-17(21)15-6-4-5-9-18-15/h13-16,18H,4-12H2,1-3H3,(H,19,21). The molecule has 2 saturated heterocycles. The lowest BCUT2D eigenvalue weighted by atomic mass is 9.94. The summed E-state index contributed by atoms with van der Waals surface area (Å²) in [6.07, 6.45) is 5.94. The molecule has 2 unspecified atom stereocenters. The Morgan fingerprint density at radius 3 is 2.52 bits per heavy atom. The van der Waals surface area contributed by atoms with Gasteiger partial charge in [-0.05, 0) is 57.2 Å². The van der Waals surface area contributed by atoms with Gasteiger partial charge in [0.2, 0.25) is 5.91 Å². The van der Waals surface area contributed by atoms with Crippen LogP contribution in [0.1, 0.15) is 52.9 Å². The van der Waals surface area contributed by atoms with Gasteiger partial charge >= 0.3 is 0 Å². The zero-order valence-corrected chi connectivity index (χ0v) is 14.0. The van der Waals surface area contributed by atoms with Crippen LogP contribution >= 0.6 is 0 Å². The molecule has 2 aliphatic heterocycles. The number of hydrogen-bond donors (Lipinski definition) is 2. The van der Waals surface area contributed by atoms with Gasteiger partial charge in [0, 0.05) is 12.6 Å². The van der Waals surface area contributed by atoms with E-state index in [4.69, 9.17) is 0 Å². The van der Waals surface area contributed by atoms with Crippen molar-refractivity contribution in [2.45, 2.75) is 65.0 Å². The average Bonchev–Trinajstić information content (AvgIpc) is 2.49. The zero-order chi connectivity index (χ0) is 15.2. The van der Waals surface area contributed by atoms with E-state index in [1.807, 2.05) is 0 Å². The lowest BCUT2D eigenvalue weighted by molar-refractivity contribution is -0.124. The highest BCUT2D eigenvalue weighted by Crippen LogP contribution is 2.21. The van der Waals surface area contributed by atoms with Crippen LogP contribution in [0.3, 0.4) is 0 Å². The monoisotopic (exact) mass is 295 g/mol. The Balaban J connectivity index is 1.80. The number of carbonyl (C=O) groups is 1. The number of nitrogens with zero attached hydrogens (tertiary/aromatic N) is 1. The Bertz CT molecular complexity index is 318. The number of nitrogens with one attached hydrogen (secondary N) is 2. The Hall–Kier alpha value is -0.610. The molecule has 0 aromatic carbocycles. The molecule has 2 fully saturated rings. The number of hydrogen-bond acceptors (Lipinski definition) is 3. The van der Waals surface area contributed by atoms with Gasteiger partial charge in [-0.1, -0.05) is 27.2 Å².